The maximum absolute atomic E-state index is 13.3. The minimum atomic E-state index is -4.02. The zero-order valence-corrected chi connectivity index (χ0v) is 21.0. The third kappa shape index (κ3) is 7.36. The number of carboxylic acid groups (broad SMARTS) is 1. The van der Waals surface area contributed by atoms with Gasteiger partial charge in [0.05, 0.1) is 12.2 Å². The Labute approximate surface area is 210 Å². The Balaban J connectivity index is 1.71. The zero-order valence-electron chi connectivity index (χ0n) is 20.1. The summed E-state index contributed by atoms with van der Waals surface area (Å²) >= 11 is 0. The van der Waals surface area contributed by atoms with Gasteiger partial charge in [0.15, 0.2) is 0 Å². The highest BCUT2D eigenvalue weighted by Gasteiger charge is 2.39. The highest BCUT2D eigenvalue weighted by molar-refractivity contribution is 7.88. The smallest absolute Gasteiger partial charge is 0.305 e. The summed E-state index contributed by atoms with van der Waals surface area (Å²) in [6.45, 7) is 2.71. The van der Waals surface area contributed by atoms with E-state index in [2.05, 4.69) is 10.0 Å². The molecular formula is C25H32N4O6S. The number of carboxylic acids is 1. The fourth-order valence-electron chi connectivity index (χ4n) is 4.33. The predicted octanol–water partition coefficient (Wildman–Crippen LogP) is 1.02. The number of hydrogen-bond acceptors (Lipinski definition) is 6. The van der Waals surface area contributed by atoms with Crippen LogP contribution in [0.3, 0.4) is 0 Å². The van der Waals surface area contributed by atoms with Crippen LogP contribution in [0.2, 0.25) is 0 Å². The monoisotopic (exact) mass is 516 g/mol. The van der Waals surface area contributed by atoms with Crippen molar-refractivity contribution in [3.05, 3.63) is 70.8 Å². The zero-order chi connectivity index (χ0) is 26.3. The maximum Gasteiger partial charge on any atom is 0.305 e. The quantitative estimate of drug-likeness (QED) is 0.347. The van der Waals surface area contributed by atoms with Gasteiger partial charge in [-0.1, -0.05) is 54.1 Å². The molecular weight excluding hydrogens is 484 g/mol. The normalized spacial score (nSPS) is 16.5. The van der Waals surface area contributed by atoms with E-state index in [1.807, 2.05) is 25.1 Å². The van der Waals surface area contributed by atoms with Crippen molar-refractivity contribution in [3.63, 3.8) is 0 Å². The van der Waals surface area contributed by atoms with Gasteiger partial charge in [-0.15, -0.1) is 0 Å². The van der Waals surface area contributed by atoms with Crippen molar-refractivity contribution < 1.29 is 27.9 Å². The molecule has 0 radical (unpaired) electrons. The first-order valence-corrected chi connectivity index (χ1v) is 13.4. The van der Waals surface area contributed by atoms with Crippen molar-refractivity contribution >= 4 is 27.8 Å². The number of carbonyl (C=O) groups is 3. The van der Waals surface area contributed by atoms with Gasteiger partial charge in [0.2, 0.25) is 21.8 Å². The lowest BCUT2D eigenvalue weighted by Gasteiger charge is -2.28. The van der Waals surface area contributed by atoms with E-state index >= 15 is 0 Å². The van der Waals surface area contributed by atoms with Crippen molar-refractivity contribution in [1.82, 2.24) is 14.9 Å². The van der Waals surface area contributed by atoms with E-state index in [9.17, 15) is 27.9 Å². The Morgan fingerprint density at radius 3 is 2.53 bits per heavy atom. The largest absolute Gasteiger partial charge is 0.481 e. The van der Waals surface area contributed by atoms with Crippen LogP contribution in [0, 0.1) is 6.92 Å². The number of benzene rings is 2. The third-order valence-electron chi connectivity index (χ3n) is 6.07. The fraction of sp³-hybridized carbons (Fsp3) is 0.400. The molecule has 0 saturated carbocycles. The number of likely N-dealkylation sites (tertiary alicyclic amines) is 1. The van der Waals surface area contributed by atoms with E-state index in [0.717, 1.165) is 16.7 Å². The Kier molecular flexibility index (Phi) is 9.19. The molecule has 0 aliphatic carbocycles. The Bertz CT molecular complexity index is 1200. The lowest BCUT2D eigenvalue weighted by Crippen LogP contribution is -2.54. The number of nitrogens with two attached hydrogens (primary N) is 1. The summed E-state index contributed by atoms with van der Waals surface area (Å²) in [7, 11) is -4.02. The molecule has 1 saturated heterocycles. The molecule has 10 nitrogen and oxygen atoms in total. The second kappa shape index (κ2) is 12.1. The van der Waals surface area contributed by atoms with E-state index in [4.69, 9.17) is 5.73 Å². The summed E-state index contributed by atoms with van der Waals surface area (Å²) in [4.78, 5) is 39.0. The fourth-order valence-corrected chi connectivity index (χ4v) is 5.66. The first-order chi connectivity index (χ1) is 17.1. The van der Waals surface area contributed by atoms with Crippen LogP contribution in [0.25, 0.3) is 0 Å². The van der Waals surface area contributed by atoms with Gasteiger partial charge < -0.3 is 21.1 Å². The molecule has 0 aromatic heterocycles. The lowest BCUT2D eigenvalue weighted by atomic mass is 10.0. The SMILES string of the molecule is Cc1ccc(CN)c(CNC(=O)[C@@H]2CCCN2C(=O)[C@@H](CC(=O)O)NS(=O)(=O)Cc2ccccc2)c1. The molecule has 3 rings (SSSR count). The van der Waals surface area contributed by atoms with Crippen LogP contribution < -0.4 is 15.8 Å². The van der Waals surface area contributed by atoms with Crippen molar-refractivity contribution in [2.45, 2.75) is 57.1 Å². The van der Waals surface area contributed by atoms with Crippen LogP contribution in [-0.4, -0.2) is 54.8 Å². The third-order valence-corrected chi connectivity index (χ3v) is 7.43. The van der Waals surface area contributed by atoms with Crippen LogP contribution >= 0.6 is 0 Å². The molecule has 1 fully saturated rings. The van der Waals surface area contributed by atoms with Crippen molar-refractivity contribution in [3.8, 4) is 0 Å². The first kappa shape index (κ1) is 27.3. The molecule has 11 heteroatoms. The van der Waals surface area contributed by atoms with Crippen LogP contribution in [0.1, 0.15) is 41.5 Å². The number of aryl methyl sites for hydroxylation is 1. The highest BCUT2D eigenvalue weighted by Crippen LogP contribution is 2.20. The maximum atomic E-state index is 13.3. The van der Waals surface area contributed by atoms with E-state index in [1.54, 1.807) is 30.3 Å². The Morgan fingerprint density at radius 1 is 1.14 bits per heavy atom. The van der Waals surface area contributed by atoms with E-state index in [0.29, 0.717) is 24.9 Å². The van der Waals surface area contributed by atoms with Crippen molar-refractivity contribution in [1.29, 1.82) is 0 Å². The molecule has 0 spiro atoms. The van der Waals surface area contributed by atoms with Crippen molar-refractivity contribution in [2.24, 2.45) is 5.73 Å². The number of hydrogen-bond donors (Lipinski definition) is 4. The van der Waals surface area contributed by atoms with Gasteiger partial charge in [-0.25, -0.2) is 13.1 Å². The molecule has 1 aliphatic heterocycles. The molecule has 0 bridgehead atoms. The number of aliphatic carboxylic acids is 1. The number of rotatable bonds is 11. The summed E-state index contributed by atoms with van der Waals surface area (Å²) in [6, 6.07) is 11.8. The predicted molar refractivity (Wildman–Crippen MR) is 134 cm³/mol. The van der Waals surface area contributed by atoms with Crippen LogP contribution in [0.5, 0.6) is 0 Å². The number of amides is 2. The van der Waals surface area contributed by atoms with Gasteiger partial charge in [0, 0.05) is 19.6 Å². The summed E-state index contributed by atoms with van der Waals surface area (Å²) in [5.41, 5.74) is 9.09. The first-order valence-electron chi connectivity index (χ1n) is 11.7. The van der Waals surface area contributed by atoms with Crippen LogP contribution in [-0.2, 0) is 43.2 Å². The number of nitrogens with zero attached hydrogens (tertiary/aromatic N) is 1. The molecule has 0 unspecified atom stereocenters. The molecule has 1 aliphatic rings. The number of nitrogens with one attached hydrogen (secondary N) is 2. The Hall–Kier alpha value is -3.28. The molecule has 2 atom stereocenters. The van der Waals surface area contributed by atoms with Crippen molar-refractivity contribution in [2.75, 3.05) is 6.54 Å². The van der Waals surface area contributed by atoms with Gasteiger partial charge >= 0.3 is 5.97 Å². The topological polar surface area (TPSA) is 159 Å². The van der Waals surface area contributed by atoms with Gasteiger partial charge in [-0.05, 0) is 36.5 Å². The van der Waals surface area contributed by atoms with Crippen LogP contribution in [0.4, 0.5) is 0 Å². The minimum Gasteiger partial charge on any atom is -0.481 e. The van der Waals surface area contributed by atoms with E-state index in [1.165, 1.54) is 4.90 Å². The van der Waals surface area contributed by atoms with E-state index in [-0.39, 0.29) is 19.0 Å². The Morgan fingerprint density at radius 2 is 1.86 bits per heavy atom. The summed E-state index contributed by atoms with van der Waals surface area (Å²) in [6.07, 6.45) is 0.200. The van der Waals surface area contributed by atoms with Crippen LogP contribution in [0.15, 0.2) is 48.5 Å². The molecule has 2 aromatic carbocycles. The average molecular weight is 517 g/mol. The average Bonchev–Trinajstić information content (AvgIpc) is 3.31. The van der Waals surface area contributed by atoms with Gasteiger partial charge in [-0.2, -0.15) is 0 Å². The summed E-state index contributed by atoms with van der Waals surface area (Å²) in [5, 5.41) is 12.2. The molecule has 5 N–H and O–H groups in total. The summed E-state index contributed by atoms with van der Waals surface area (Å²) < 4.78 is 27.7. The second-order valence-electron chi connectivity index (χ2n) is 8.90. The highest BCUT2D eigenvalue weighted by atomic mass is 32.2. The molecule has 194 valence electrons. The number of sulfonamides is 1. The molecule has 1 heterocycles. The van der Waals surface area contributed by atoms with Gasteiger partial charge in [0.25, 0.3) is 0 Å². The number of carbonyl (C=O) groups excluding carboxylic acids is 2. The van der Waals surface area contributed by atoms with E-state index < -0.39 is 46.2 Å². The molecule has 2 aromatic rings. The lowest BCUT2D eigenvalue weighted by molar-refractivity contribution is -0.144. The molecule has 36 heavy (non-hydrogen) atoms. The summed E-state index contributed by atoms with van der Waals surface area (Å²) in [5.74, 6) is -2.85. The van der Waals surface area contributed by atoms with Gasteiger partial charge in [-0.3, -0.25) is 14.4 Å². The standard InChI is InChI=1S/C25H32N4O6S/c1-17-9-10-19(14-26)20(12-17)15-27-24(32)22-8-5-11-29(22)25(33)21(13-23(30)31)28-36(34,35)16-18-6-3-2-4-7-18/h2-4,6-7,9-10,12,21-22,28H,5,8,11,13-16,26H2,1H3,(H,27,32)(H,30,31)/t21-,22+/m1/s1. The minimum absolute atomic E-state index is 0.228. The molecule has 2 amide bonds. The van der Waals surface area contributed by atoms with Gasteiger partial charge in [0.1, 0.15) is 12.1 Å². The second-order valence-corrected chi connectivity index (χ2v) is 10.7.